The number of nitrogens with two attached hydrogens (primary N) is 1. The van der Waals surface area contributed by atoms with Crippen molar-refractivity contribution in [2.24, 2.45) is 5.73 Å². The largest absolute Gasteiger partial charge is 0.365 e. The van der Waals surface area contributed by atoms with Crippen LogP contribution in [0.25, 0.3) is 0 Å². The van der Waals surface area contributed by atoms with Gasteiger partial charge in [-0.2, -0.15) is 4.31 Å². The van der Waals surface area contributed by atoms with Crippen LogP contribution in [0.5, 0.6) is 0 Å². The second kappa shape index (κ2) is 10.2. The first kappa shape index (κ1) is 24.8. The number of anilines is 1. The molecular formula is C24H33N4O4S2+. The van der Waals surface area contributed by atoms with Crippen molar-refractivity contribution in [1.82, 2.24) is 4.31 Å². The number of amides is 2. The first-order chi connectivity index (χ1) is 16.2. The van der Waals surface area contributed by atoms with E-state index in [9.17, 15) is 18.0 Å². The highest BCUT2D eigenvalue weighted by Gasteiger charge is 2.31. The smallest absolute Gasteiger partial charge is 0.256 e. The lowest BCUT2D eigenvalue weighted by Gasteiger charge is -2.30. The number of sulfonamides is 1. The molecule has 1 aliphatic heterocycles. The van der Waals surface area contributed by atoms with E-state index in [2.05, 4.69) is 12.2 Å². The monoisotopic (exact) mass is 505 g/mol. The Bertz CT molecular complexity index is 1170. The molecule has 2 heterocycles. The van der Waals surface area contributed by atoms with Crippen LogP contribution in [0.3, 0.4) is 0 Å². The highest BCUT2D eigenvalue weighted by molar-refractivity contribution is 7.89. The summed E-state index contributed by atoms with van der Waals surface area (Å²) in [5, 5.41) is 3.31. The molecule has 10 heteroatoms. The number of rotatable bonds is 7. The molecule has 2 aliphatic rings. The van der Waals surface area contributed by atoms with Crippen molar-refractivity contribution in [2.45, 2.75) is 62.9 Å². The van der Waals surface area contributed by atoms with E-state index < -0.39 is 21.8 Å². The van der Waals surface area contributed by atoms with Crippen LogP contribution in [0.15, 0.2) is 29.2 Å². The molecule has 0 spiro atoms. The van der Waals surface area contributed by atoms with Crippen molar-refractivity contribution in [3.05, 3.63) is 45.8 Å². The Hall–Kier alpha value is -2.27. The van der Waals surface area contributed by atoms with Gasteiger partial charge in [0.05, 0.1) is 28.4 Å². The molecule has 1 fully saturated rings. The Morgan fingerprint density at radius 1 is 1.18 bits per heavy atom. The number of thiophene rings is 1. The van der Waals surface area contributed by atoms with Gasteiger partial charge in [-0.05, 0) is 49.6 Å². The molecule has 1 aliphatic carbocycles. The minimum Gasteiger partial charge on any atom is -0.365 e. The van der Waals surface area contributed by atoms with Crippen LogP contribution in [0.1, 0.15) is 70.2 Å². The maximum Gasteiger partial charge on any atom is 0.256 e. The van der Waals surface area contributed by atoms with Crippen LogP contribution in [0, 0.1) is 0 Å². The van der Waals surface area contributed by atoms with Crippen molar-refractivity contribution < 1.29 is 22.9 Å². The number of likely N-dealkylation sites (N-methyl/N-ethyl adjacent to an activating group) is 1. The number of benzene rings is 1. The molecule has 0 radical (unpaired) electrons. The molecule has 2 aromatic rings. The molecule has 2 amide bonds. The molecule has 34 heavy (non-hydrogen) atoms. The van der Waals surface area contributed by atoms with E-state index in [0.29, 0.717) is 16.1 Å². The van der Waals surface area contributed by atoms with Crippen molar-refractivity contribution in [3.8, 4) is 0 Å². The third kappa shape index (κ3) is 4.91. The first-order valence-electron chi connectivity index (χ1n) is 11.9. The molecule has 0 bridgehead atoms. The fourth-order valence-electron chi connectivity index (χ4n) is 4.95. The average molecular weight is 506 g/mol. The fourth-order valence-corrected chi connectivity index (χ4v) is 7.68. The first-order valence-corrected chi connectivity index (χ1v) is 14.1. The quantitative estimate of drug-likeness (QED) is 0.534. The number of quaternary nitrogens is 1. The SMILES string of the molecule is CC[NH+]1CCc2c(sc(NC(=O)c3ccc(S(=O)(=O)N(C)C4CCCCC4)cc3)c2C(N)=O)C1. The van der Waals surface area contributed by atoms with Crippen molar-refractivity contribution in [2.75, 3.05) is 25.5 Å². The van der Waals surface area contributed by atoms with Crippen LogP contribution < -0.4 is 16.0 Å². The molecular weight excluding hydrogens is 472 g/mol. The minimum absolute atomic E-state index is 0.0178. The predicted octanol–water partition coefficient (Wildman–Crippen LogP) is 2.01. The molecule has 4 N–H and O–H groups in total. The molecule has 1 aromatic carbocycles. The summed E-state index contributed by atoms with van der Waals surface area (Å²) in [6, 6.07) is 5.99. The van der Waals surface area contributed by atoms with E-state index in [1.807, 2.05) is 0 Å². The number of hydrogen-bond acceptors (Lipinski definition) is 5. The summed E-state index contributed by atoms with van der Waals surface area (Å²) in [7, 11) is -1.99. The fraction of sp³-hybridized carbons (Fsp3) is 0.500. The zero-order chi connectivity index (χ0) is 24.5. The predicted molar refractivity (Wildman–Crippen MR) is 133 cm³/mol. The van der Waals surface area contributed by atoms with Gasteiger partial charge in [-0.3, -0.25) is 9.59 Å². The minimum atomic E-state index is -3.63. The van der Waals surface area contributed by atoms with Crippen molar-refractivity contribution in [3.63, 3.8) is 0 Å². The zero-order valence-corrected chi connectivity index (χ0v) is 21.4. The Balaban J connectivity index is 1.51. The van der Waals surface area contributed by atoms with E-state index in [4.69, 9.17) is 5.73 Å². The average Bonchev–Trinajstić information content (AvgIpc) is 3.21. The van der Waals surface area contributed by atoms with E-state index in [1.165, 1.54) is 44.8 Å². The summed E-state index contributed by atoms with van der Waals surface area (Å²) < 4.78 is 27.6. The maximum absolute atomic E-state index is 13.1. The van der Waals surface area contributed by atoms with Gasteiger partial charge in [-0.15, -0.1) is 11.3 Å². The topological polar surface area (TPSA) is 114 Å². The number of primary amides is 1. The summed E-state index contributed by atoms with van der Waals surface area (Å²) in [6.45, 7) is 4.87. The van der Waals surface area contributed by atoms with Gasteiger partial charge in [-0.1, -0.05) is 19.3 Å². The molecule has 4 rings (SSSR count). The molecule has 0 saturated heterocycles. The Kier molecular flexibility index (Phi) is 7.42. The van der Waals surface area contributed by atoms with Gasteiger partial charge in [-0.25, -0.2) is 8.42 Å². The molecule has 1 unspecified atom stereocenters. The van der Waals surface area contributed by atoms with Gasteiger partial charge in [0.15, 0.2) is 0 Å². The molecule has 1 aromatic heterocycles. The zero-order valence-electron chi connectivity index (χ0n) is 19.7. The summed E-state index contributed by atoms with van der Waals surface area (Å²) in [6.07, 6.45) is 5.74. The highest BCUT2D eigenvalue weighted by Crippen LogP contribution is 2.35. The summed E-state index contributed by atoms with van der Waals surface area (Å²) in [5.74, 6) is -0.940. The van der Waals surface area contributed by atoms with Gasteiger partial charge in [0.25, 0.3) is 11.8 Å². The van der Waals surface area contributed by atoms with Gasteiger partial charge in [0, 0.05) is 25.1 Å². The van der Waals surface area contributed by atoms with Gasteiger partial charge >= 0.3 is 0 Å². The molecule has 184 valence electrons. The maximum atomic E-state index is 13.1. The van der Waals surface area contributed by atoms with Gasteiger partial charge < -0.3 is 16.0 Å². The van der Waals surface area contributed by atoms with Gasteiger partial charge in [0.2, 0.25) is 10.0 Å². The number of hydrogen-bond donors (Lipinski definition) is 3. The number of carbonyl (C=O) groups excluding carboxylic acids is 2. The van der Waals surface area contributed by atoms with E-state index >= 15 is 0 Å². The summed E-state index contributed by atoms with van der Waals surface area (Å²) in [5.41, 5.74) is 7.32. The van der Waals surface area contributed by atoms with Crippen molar-refractivity contribution >= 4 is 38.2 Å². The summed E-state index contributed by atoms with van der Waals surface area (Å²) in [4.78, 5) is 27.8. The second-order valence-corrected chi connectivity index (χ2v) is 12.2. The number of fused-ring (bicyclic) bond motifs is 1. The lowest BCUT2D eigenvalue weighted by Crippen LogP contribution is -3.11. The Morgan fingerprint density at radius 3 is 2.47 bits per heavy atom. The van der Waals surface area contributed by atoms with E-state index in [1.54, 1.807) is 7.05 Å². The Morgan fingerprint density at radius 2 is 1.85 bits per heavy atom. The highest BCUT2D eigenvalue weighted by atomic mass is 32.2. The Labute approximate surface area is 205 Å². The van der Waals surface area contributed by atoms with Crippen LogP contribution in [-0.4, -0.2) is 50.7 Å². The molecule has 1 saturated carbocycles. The van der Waals surface area contributed by atoms with Crippen molar-refractivity contribution in [1.29, 1.82) is 0 Å². The molecule has 8 nitrogen and oxygen atoms in total. The number of nitrogens with one attached hydrogen (secondary N) is 2. The lowest BCUT2D eigenvalue weighted by molar-refractivity contribution is -0.913. The molecule has 1 atom stereocenters. The van der Waals surface area contributed by atoms with Gasteiger partial charge in [0.1, 0.15) is 11.5 Å². The van der Waals surface area contributed by atoms with Crippen LogP contribution in [0.4, 0.5) is 5.00 Å². The normalized spacial score (nSPS) is 19.1. The lowest BCUT2D eigenvalue weighted by atomic mass is 9.96. The number of carbonyl (C=O) groups is 2. The third-order valence-electron chi connectivity index (χ3n) is 7.09. The third-order valence-corrected chi connectivity index (χ3v) is 10.2. The second-order valence-electron chi connectivity index (χ2n) is 9.14. The van der Waals surface area contributed by atoms with Crippen LogP contribution in [-0.2, 0) is 23.0 Å². The number of nitrogens with zero attached hydrogens (tertiary/aromatic N) is 1. The standard InChI is InChI=1S/C24H32N4O4S2/c1-3-28-14-13-19-20(15-28)33-24(21(19)22(25)29)26-23(30)16-9-11-18(12-10-16)34(31,32)27(2)17-7-5-4-6-8-17/h9-12,17H,3-8,13-15H2,1-2H3,(H2,25,29)(H,26,30)/p+1. The van der Waals surface area contributed by atoms with Crippen LogP contribution in [0.2, 0.25) is 0 Å². The van der Waals surface area contributed by atoms with E-state index in [-0.39, 0.29) is 10.9 Å². The summed E-state index contributed by atoms with van der Waals surface area (Å²) >= 11 is 1.40. The van der Waals surface area contributed by atoms with E-state index in [0.717, 1.165) is 68.6 Å². The van der Waals surface area contributed by atoms with Crippen LogP contribution >= 0.6 is 11.3 Å².